The maximum atomic E-state index is 12.9. The molecule has 0 spiro atoms. The predicted octanol–water partition coefficient (Wildman–Crippen LogP) is 5.11. The Bertz CT molecular complexity index is 1290. The fraction of sp³-hybridized carbons (Fsp3) is 0.250. The Morgan fingerprint density at radius 3 is 2.60 bits per heavy atom. The Morgan fingerprint density at radius 2 is 1.86 bits per heavy atom. The van der Waals surface area contributed by atoms with Gasteiger partial charge in [-0.3, -0.25) is 9.78 Å². The third kappa shape index (κ3) is 5.58. The molecular formula is C28H29N5OS. The number of likely N-dealkylation sites (N-methyl/N-ethyl adjacent to an activating group) is 1. The average molecular weight is 484 g/mol. The van der Waals surface area contributed by atoms with Crippen molar-refractivity contribution in [2.24, 2.45) is 0 Å². The van der Waals surface area contributed by atoms with Crippen molar-refractivity contribution in [3.63, 3.8) is 0 Å². The third-order valence-corrected chi connectivity index (χ3v) is 7.30. The first-order valence-electron chi connectivity index (χ1n) is 11.8. The summed E-state index contributed by atoms with van der Waals surface area (Å²) < 4.78 is 0. The van der Waals surface area contributed by atoms with Crippen molar-refractivity contribution in [2.75, 3.05) is 43.4 Å². The van der Waals surface area contributed by atoms with E-state index >= 15 is 0 Å². The summed E-state index contributed by atoms with van der Waals surface area (Å²) in [4.78, 5) is 26.6. The van der Waals surface area contributed by atoms with E-state index in [1.165, 1.54) is 11.3 Å². The fourth-order valence-corrected chi connectivity index (χ4v) is 5.06. The van der Waals surface area contributed by atoms with Crippen molar-refractivity contribution in [2.45, 2.75) is 13.3 Å². The quantitative estimate of drug-likeness (QED) is 0.413. The molecule has 4 aromatic rings. The topological polar surface area (TPSA) is 61.4 Å². The van der Waals surface area contributed by atoms with E-state index < -0.39 is 0 Å². The lowest BCUT2D eigenvalue weighted by Crippen LogP contribution is -2.44. The van der Waals surface area contributed by atoms with Crippen LogP contribution in [0.2, 0.25) is 0 Å². The highest BCUT2D eigenvalue weighted by Crippen LogP contribution is 2.25. The van der Waals surface area contributed by atoms with Gasteiger partial charge in [-0.05, 0) is 73.6 Å². The highest BCUT2D eigenvalue weighted by Gasteiger charge is 2.15. The maximum Gasteiger partial charge on any atom is 0.255 e. The van der Waals surface area contributed by atoms with Crippen molar-refractivity contribution in [3.8, 4) is 11.3 Å². The monoisotopic (exact) mass is 483 g/mol. The third-order valence-electron chi connectivity index (χ3n) is 6.46. The molecule has 0 unspecified atom stereocenters. The van der Waals surface area contributed by atoms with Crippen LogP contribution in [0.4, 0.5) is 11.4 Å². The van der Waals surface area contributed by atoms with Crippen molar-refractivity contribution in [1.29, 1.82) is 0 Å². The van der Waals surface area contributed by atoms with Gasteiger partial charge in [-0.25, -0.2) is 4.98 Å². The zero-order valence-corrected chi connectivity index (χ0v) is 20.9. The molecule has 1 aliphatic rings. The Labute approximate surface area is 210 Å². The number of nitrogens with one attached hydrogen (secondary N) is 1. The molecule has 1 amide bonds. The first-order valence-corrected chi connectivity index (χ1v) is 12.7. The minimum absolute atomic E-state index is 0.0992. The lowest BCUT2D eigenvalue weighted by molar-refractivity contribution is 0.102. The van der Waals surface area contributed by atoms with Gasteiger partial charge >= 0.3 is 0 Å². The van der Waals surface area contributed by atoms with Gasteiger partial charge in [0, 0.05) is 72.9 Å². The smallest absolute Gasteiger partial charge is 0.255 e. The molecule has 0 bridgehead atoms. The molecule has 178 valence electrons. The van der Waals surface area contributed by atoms with Crippen LogP contribution in [0.25, 0.3) is 11.3 Å². The molecular weight excluding hydrogens is 454 g/mol. The van der Waals surface area contributed by atoms with Crippen molar-refractivity contribution >= 4 is 28.6 Å². The highest BCUT2D eigenvalue weighted by molar-refractivity contribution is 7.10. The molecule has 1 aliphatic heterocycles. The molecule has 1 N–H and O–H groups in total. The van der Waals surface area contributed by atoms with Crippen molar-refractivity contribution in [3.05, 3.63) is 94.1 Å². The summed E-state index contributed by atoms with van der Waals surface area (Å²) in [6.45, 7) is 6.23. The van der Waals surface area contributed by atoms with Crippen LogP contribution in [-0.2, 0) is 6.42 Å². The van der Waals surface area contributed by atoms with Gasteiger partial charge in [0.2, 0.25) is 0 Å². The predicted molar refractivity (Wildman–Crippen MR) is 143 cm³/mol. The molecule has 0 aliphatic carbocycles. The van der Waals surface area contributed by atoms with E-state index in [1.807, 2.05) is 48.7 Å². The number of anilines is 2. The van der Waals surface area contributed by atoms with E-state index in [0.717, 1.165) is 60.1 Å². The number of nitrogens with zero attached hydrogens (tertiary/aromatic N) is 4. The van der Waals surface area contributed by atoms with Gasteiger partial charge in [0.1, 0.15) is 0 Å². The Kier molecular flexibility index (Phi) is 6.88. The van der Waals surface area contributed by atoms with Crippen LogP contribution in [0.1, 0.15) is 26.5 Å². The van der Waals surface area contributed by atoms with Gasteiger partial charge in [0.25, 0.3) is 5.91 Å². The molecule has 1 saturated heterocycles. The largest absolute Gasteiger partial charge is 0.369 e. The van der Waals surface area contributed by atoms with Gasteiger partial charge in [-0.15, -0.1) is 11.3 Å². The lowest BCUT2D eigenvalue weighted by atomic mass is 10.0. The summed E-state index contributed by atoms with van der Waals surface area (Å²) >= 11 is 1.64. The Balaban J connectivity index is 1.25. The molecule has 0 saturated carbocycles. The Hall–Kier alpha value is -3.55. The maximum absolute atomic E-state index is 12.9. The molecule has 0 atom stereocenters. The fourth-order valence-electron chi connectivity index (χ4n) is 4.23. The van der Waals surface area contributed by atoms with Gasteiger partial charge in [-0.1, -0.05) is 6.07 Å². The summed E-state index contributed by atoms with van der Waals surface area (Å²) in [6, 6.07) is 17.9. The van der Waals surface area contributed by atoms with Crippen LogP contribution in [0, 0.1) is 6.92 Å². The number of thiazole rings is 1. The summed E-state index contributed by atoms with van der Waals surface area (Å²) in [7, 11) is 2.15. The number of aryl methyl sites for hydroxylation is 1. The first-order chi connectivity index (χ1) is 17.0. The van der Waals surface area contributed by atoms with Crippen molar-refractivity contribution in [1.82, 2.24) is 14.9 Å². The van der Waals surface area contributed by atoms with Gasteiger partial charge in [-0.2, -0.15) is 0 Å². The molecule has 2 aromatic carbocycles. The number of aromatic nitrogens is 2. The summed E-state index contributed by atoms with van der Waals surface area (Å²) in [6.07, 6.45) is 4.32. The van der Waals surface area contributed by atoms with E-state index in [9.17, 15) is 4.79 Å². The number of carbonyl (C=O) groups is 1. The normalized spacial score (nSPS) is 14.2. The van der Waals surface area contributed by atoms with Crippen LogP contribution >= 0.6 is 11.3 Å². The number of hydrogen-bond acceptors (Lipinski definition) is 6. The zero-order chi connectivity index (χ0) is 24.2. The average Bonchev–Trinajstić information content (AvgIpc) is 3.36. The van der Waals surface area contributed by atoms with Crippen LogP contribution in [0.3, 0.4) is 0 Å². The molecule has 5 rings (SSSR count). The number of pyridine rings is 1. The summed E-state index contributed by atoms with van der Waals surface area (Å²) in [5.41, 5.74) is 6.92. The van der Waals surface area contributed by atoms with Crippen LogP contribution < -0.4 is 10.2 Å². The second-order valence-electron chi connectivity index (χ2n) is 8.98. The minimum Gasteiger partial charge on any atom is -0.369 e. The second kappa shape index (κ2) is 10.4. The molecule has 35 heavy (non-hydrogen) atoms. The number of amides is 1. The molecule has 7 heteroatoms. The van der Waals surface area contributed by atoms with Gasteiger partial charge in [0.15, 0.2) is 0 Å². The first kappa shape index (κ1) is 23.2. The zero-order valence-electron chi connectivity index (χ0n) is 20.1. The number of hydrogen-bond donors (Lipinski definition) is 1. The number of benzene rings is 2. The molecule has 3 heterocycles. The van der Waals surface area contributed by atoms with E-state index in [1.54, 1.807) is 17.5 Å². The second-order valence-corrected chi connectivity index (χ2v) is 9.92. The minimum atomic E-state index is -0.0992. The molecule has 2 aromatic heterocycles. The highest BCUT2D eigenvalue weighted by atomic mass is 32.1. The van der Waals surface area contributed by atoms with Gasteiger partial charge in [0.05, 0.1) is 10.7 Å². The van der Waals surface area contributed by atoms with E-state index in [0.29, 0.717) is 5.56 Å². The van der Waals surface area contributed by atoms with Crippen LogP contribution in [0.5, 0.6) is 0 Å². The Morgan fingerprint density at radius 1 is 1.06 bits per heavy atom. The molecule has 0 radical (unpaired) electrons. The molecule has 6 nitrogen and oxygen atoms in total. The summed E-state index contributed by atoms with van der Waals surface area (Å²) in [5, 5.41) is 6.17. The van der Waals surface area contributed by atoms with Crippen LogP contribution in [-0.4, -0.2) is 54.0 Å². The number of piperazine rings is 1. The van der Waals surface area contributed by atoms with Crippen molar-refractivity contribution < 1.29 is 4.79 Å². The number of rotatable bonds is 6. The summed E-state index contributed by atoms with van der Waals surface area (Å²) in [5.74, 6) is -0.0992. The van der Waals surface area contributed by atoms with Crippen LogP contribution in [0.15, 0.2) is 72.4 Å². The molecule has 1 fully saturated rings. The van der Waals surface area contributed by atoms with E-state index in [-0.39, 0.29) is 5.91 Å². The number of carbonyl (C=O) groups excluding carboxylic acids is 1. The van der Waals surface area contributed by atoms with Gasteiger partial charge < -0.3 is 15.1 Å². The standard InChI is InChI=1S/C28H29N5OS/c1-20-5-8-24(16-23(20)17-27-31-26(19-35-27)22-4-3-11-29-18-22)30-28(34)21-6-9-25(10-7-21)33-14-12-32(2)13-15-33/h3-11,16,18-19H,12-15,17H2,1-2H3,(H,30,34). The van der Waals surface area contributed by atoms with E-state index in [4.69, 9.17) is 4.98 Å². The van der Waals surface area contributed by atoms with E-state index in [2.05, 4.69) is 51.6 Å². The SMILES string of the molecule is Cc1ccc(NC(=O)c2ccc(N3CCN(C)CC3)cc2)cc1Cc1nc(-c2cccnc2)cs1. The lowest BCUT2D eigenvalue weighted by Gasteiger charge is -2.34.